The minimum Gasteiger partial charge on any atom is -0.370 e. The van der Waals surface area contributed by atoms with Gasteiger partial charge in [-0.1, -0.05) is 5.16 Å². The molecule has 0 radical (unpaired) electrons. The van der Waals surface area contributed by atoms with E-state index in [1.54, 1.807) is 0 Å². The Morgan fingerprint density at radius 2 is 2.30 bits per heavy atom. The van der Waals surface area contributed by atoms with Crippen LogP contribution in [0.5, 0.6) is 0 Å². The van der Waals surface area contributed by atoms with Crippen molar-refractivity contribution in [3.8, 4) is 0 Å². The van der Waals surface area contributed by atoms with Gasteiger partial charge in [-0.25, -0.2) is 4.98 Å². The molecule has 0 spiro atoms. The van der Waals surface area contributed by atoms with Crippen LogP contribution in [-0.4, -0.2) is 27.5 Å². The number of rotatable bonds is 5. The molecule has 2 aromatic rings. The van der Waals surface area contributed by atoms with Crippen LogP contribution in [0.2, 0.25) is 0 Å². The standard InChI is InChI=1S/C11H11N5O4/c1-2-12-10-5-7(8(6-13-10)16(18)19)11(17)14-9-3-4-20-15-9/h3-6H,2H2,1H3,(H,12,13)(H,14,15,17). The maximum atomic E-state index is 12.0. The molecule has 9 nitrogen and oxygen atoms in total. The largest absolute Gasteiger partial charge is 0.370 e. The van der Waals surface area contributed by atoms with E-state index in [4.69, 9.17) is 0 Å². The van der Waals surface area contributed by atoms with Crippen LogP contribution in [0.1, 0.15) is 17.3 Å². The van der Waals surface area contributed by atoms with Crippen LogP contribution in [0.3, 0.4) is 0 Å². The molecule has 0 aromatic carbocycles. The fraction of sp³-hybridized carbons (Fsp3) is 0.182. The zero-order valence-corrected chi connectivity index (χ0v) is 10.5. The zero-order chi connectivity index (χ0) is 14.5. The maximum Gasteiger partial charge on any atom is 0.300 e. The van der Waals surface area contributed by atoms with Crippen LogP contribution in [0.15, 0.2) is 29.1 Å². The minimum absolute atomic E-state index is 0.107. The van der Waals surface area contributed by atoms with Gasteiger partial charge in [-0.2, -0.15) is 0 Å². The third-order valence-corrected chi connectivity index (χ3v) is 2.36. The summed E-state index contributed by atoms with van der Waals surface area (Å²) in [5.74, 6) is -0.110. The molecule has 0 fully saturated rings. The average molecular weight is 277 g/mol. The van der Waals surface area contributed by atoms with Gasteiger partial charge in [-0.05, 0) is 6.92 Å². The normalized spacial score (nSPS) is 10.1. The molecule has 0 saturated heterocycles. The van der Waals surface area contributed by atoms with Gasteiger partial charge in [0, 0.05) is 18.7 Å². The molecule has 2 N–H and O–H groups in total. The van der Waals surface area contributed by atoms with Crippen molar-refractivity contribution < 1.29 is 14.2 Å². The number of nitro groups is 1. The fourth-order valence-corrected chi connectivity index (χ4v) is 1.51. The Kier molecular flexibility index (Phi) is 3.89. The highest BCUT2D eigenvalue weighted by Gasteiger charge is 2.22. The van der Waals surface area contributed by atoms with Gasteiger partial charge in [-0.3, -0.25) is 14.9 Å². The lowest BCUT2D eigenvalue weighted by Crippen LogP contribution is -2.15. The van der Waals surface area contributed by atoms with Crippen molar-refractivity contribution in [1.82, 2.24) is 10.1 Å². The summed E-state index contributed by atoms with van der Waals surface area (Å²) in [6, 6.07) is 2.74. The quantitative estimate of drug-likeness (QED) is 0.629. The summed E-state index contributed by atoms with van der Waals surface area (Å²) >= 11 is 0. The number of nitrogens with zero attached hydrogens (tertiary/aromatic N) is 3. The van der Waals surface area contributed by atoms with Crippen LogP contribution < -0.4 is 10.6 Å². The number of hydrogen-bond acceptors (Lipinski definition) is 7. The third-order valence-electron chi connectivity index (χ3n) is 2.36. The molecule has 0 unspecified atom stereocenters. The second-order valence-electron chi connectivity index (χ2n) is 3.71. The van der Waals surface area contributed by atoms with E-state index in [2.05, 4.69) is 25.3 Å². The Morgan fingerprint density at radius 1 is 1.50 bits per heavy atom. The first kappa shape index (κ1) is 13.5. The zero-order valence-electron chi connectivity index (χ0n) is 10.5. The molecule has 0 aliphatic carbocycles. The van der Waals surface area contributed by atoms with Crippen molar-refractivity contribution in [3.05, 3.63) is 40.3 Å². The van der Waals surface area contributed by atoms with Crippen LogP contribution in [-0.2, 0) is 0 Å². The average Bonchev–Trinajstić information content (AvgIpc) is 2.91. The summed E-state index contributed by atoms with van der Waals surface area (Å²) in [5, 5.41) is 19.7. The number of hydrogen-bond donors (Lipinski definition) is 2. The van der Waals surface area contributed by atoms with E-state index >= 15 is 0 Å². The smallest absolute Gasteiger partial charge is 0.300 e. The van der Waals surface area contributed by atoms with Gasteiger partial charge in [0.15, 0.2) is 5.82 Å². The van der Waals surface area contributed by atoms with Crippen molar-refractivity contribution in [2.75, 3.05) is 17.2 Å². The Hall–Kier alpha value is -2.97. The van der Waals surface area contributed by atoms with E-state index in [9.17, 15) is 14.9 Å². The molecule has 0 saturated carbocycles. The molecule has 2 aromatic heterocycles. The molecule has 9 heteroatoms. The highest BCUT2D eigenvalue weighted by atomic mass is 16.6. The molecule has 104 valence electrons. The van der Waals surface area contributed by atoms with Gasteiger partial charge < -0.3 is 15.2 Å². The van der Waals surface area contributed by atoms with Crippen molar-refractivity contribution in [2.24, 2.45) is 0 Å². The molecular formula is C11H11N5O4. The van der Waals surface area contributed by atoms with Crippen LogP contribution >= 0.6 is 0 Å². The van der Waals surface area contributed by atoms with Crippen molar-refractivity contribution in [1.29, 1.82) is 0 Å². The van der Waals surface area contributed by atoms with Crippen molar-refractivity contribution >= 4 is 23.2 Å². The minimum atomic E-state index is -0.666. The highest BCUT2D eigenvalue weighted by molar-refractivity contribution is 6.06. The summed E-state index contributed by atoms with van der Waals surface area (Å²) in [6.07, 6.45) is 2.32. The maximum absolute atomic E-state index is 12.0. The fourth-order valence-electron chi connectivity index (χ4n) is 1.51. The van der Waals surface area contributed by atoms with E-state index in [-0.39, 0.29) is 17.1 Å². The molecule has 2 heterocycles. The lowest BCUT2D eigenvalue weighted by molar-refractivity contribution is -0.385. The van der Waals surface area contributed by atoms with Crippen LogP contribution in [0, 0.1) is 10.1 Å². The van der Waals surface area contributed by atoms with Gasteiger partial charge in [0.05, 0.1) is 4.92 Å². The van der Waals surface area contributed by atoms with Gasteiger partial charge >= 0.3 is 0 Å². The van der Waals surface area contributed by atoms with Gasteiger partial charge in [-0.15, -0.1) is 0 Å². The van der Waals surface area contributed by atoms with Gasteiger partial charge in [0.25, 0.3) is 11.6 Å². The second kappa shape index (κ2) is 5.78. The lowest BCUT2D eigenvalue weighted by Gasteiger charge is -2.06. The monoisotopic (exact) mass is 277 g/mol. The Balaban J connectivity index is 2.33. The van der Waals surface area contributed by atoms with E-state index < -0.39 is 10.8 Å². The summed E-state index contributed by atoms with van der Waals surface area (Å²) in [5.41, 5.74) is -0.489. The number of carbonyl (C=O) groups excluding carboxylic acids is 1. The van der Waals surface area contributed by atoms with E-state index in [0.29, 0.717) is 12.4 Å². The van der Waals surface area contributed by atoms with Crippen LogP contribution in [0.25, 0.3) is 0 Å². The Morgan fingerprint density at radius 3 is 2.90 bits per heavy atom. The third kappa shape index (κ3) is 2.88. The number of amides is 1. The highest BCUT2D eigenvalue weighted by Crippen LogP contribution is 2.21. The Labute approximate surface area is 113 Å². The molecular weight excluding hydrogens is 266 g/mol. The van der Waals surface area contributed by atoms with E-state index in [0.717, 1.165) is 6.20 Å². The summed E-state index contributed by atoms with van der Waals surface area (Å²) in [4.78, 5) is 26.2. The molecule has 0 atom stereocenters. The van der Waals surface area contributed by atoms with E-state index in [1.165, 1.54) is 18.4 Å². The number of anilines is 2. The number of carbonyl (C=O) groups is 1. The SMILES string of the molecule is CCNc1cc(C(=O)Nc2ccon2)c([N+](=O)[O-])cn1. The number of nitrogens with one attached hydrogen (secondary N) is 2. The van der Waals surface area contributed by atoms with E-state index in [1.807, 2.05) is 6.92 Å². The van der Waals surface area contributed by atoms with Crippen molar-refractivity contribution in [2.45, 2.75) is 6.92 Å². The first-order chi connectivity index (χ1) is 9.61. The first-order valence-corrected chi connectivity index (χ1v) is 5.72. The van der Waals surface area contributed by atoms with Gasteiger partial charge in [0.2, 0.25) is 0 Å². The molecule has 2 rings (SSSR count). The molecule has 0 bridgehead atoms. The predicted octanol–water partition coefficient (Wildman–Crippen LogP) is 1.66. The summed E-state index contributed by atoms with van der Waals surface area (Å²) in [6.45, 7) is 2.42. The summed E-state index contributed by atoms with van der Waals surface area (Å²) in [7, 11) is 0. The predicted molar refractivity (Wildman–Crippen MR) is 69.5 cm³/mol. The number of aromatic nitrogens is 2. The van der Waals surface area contributed by atoms with Crippen molar-refractivity contribution in [3.63, 3.8) is 0 Å². The van der Waals surface area contributed by atoms with Gasteiger partial charge in [0.1, 0.15) is 23.8 Å². The lowest BCUT2D eigenvalue weighted by atomic mass is 10.2. The molecule has 20 heavy (non-hydrogen) atoms. The second-order valence-corrected chi connectivity index (χ2v) is 3.71. The molecule has 1 amide bonds. The Bertz CT molecular complexity index is 626. The number of pyridine rings is 1. The topological polar surface area (TPSA) is 123 Å². The first-order valence-electron chi connectivity index (χ1n) is 5.72. The molecule has 0 aliphatic heterocycles. The van der Waals surface area contributed by atoms with Crippen LogP contribution in [0.4, 0.5) is 17.3 Å². The summed E-state index contributed by atoms with van der Waals surface area (Å²) < 4.78 is 4.57. The molecule has 0 aliphatic rings.